The molecule has 0 aromatic heterocycles. The van der Waals surface area contributed by atoms with E-state index in [9.17, 15) is 14.4 Å². The molecule has 358 valence electrons. The third-order valence-electron chi connectivity index (χ3n) is 9.18. The summed E-state index contributed by atoms with van der Waals surface area (Å²) < 4.78 is 5.07. The highest BCUT2D eigenvalue weighted by Crippen LogP contribution is 2.21. The smallest absolute Gasteiger partial charge is 0.223 e. The molecule has 0 aliphatic rings. The standard InChI is InChI=1S/C16H27NOSi.C9H11NO.C6H13NO.C6H14O.C6H16Si.C5H12.C4H10/c1-5-13-19(3,4)14-9-12-17(15(2)18)16-10-7-6-8-11-16;1-8(11)10(2)9-6-4-3-5-7-9;1-3-4-5-7-6(2)8;1-3-5-6-7-4-2;1-5-6-7(2,3)4;1-3-5-4-2;1-3-4-2/h6-8,10-11H,5,9,12-14H2,1-4H3;3-7H,1-2H3;3-5H2,1-2H3,(H,7,8);3-6H2,1-2H3;5-6H2,1-4H3;3-5H2,1-2H3;3-4H2,1-2H3. The van der Waals surface area contributed by atoms with Gasteiger partial charge in [-0.25, -0.2) is 0 Å². The van der Waals surface area contributed by atoms with Crippen molar-refractivity contribution in [2.75, 3.05) is 43.2 Å². The minimum atomic E-state index is -1.04. The molecule has 7 nitrogen and oxygen atoms in total. The quantitative estimate of drug-likeness (QED) is 0.106. The Morgan fingerprint density at radius 1 is 0.541 bits per heavy atom. The number of hydrogen-bond donors (Lipinski definition) is 1. The summed E-state index contributed by atoms with van der Waals surface area (Å²) in [5, 5.41) is 2.71. The first kappa shape index (κ1) is 67.3. The van der Waals surface area contributed by atoms with E-state index in [4.69, 9.17) is 4.74 Å². The zero-order valence-electron chi connectivity index (χ0n) is 43.7. The third kappa shape index (κ3) is 55.2. The van der Waals surface area contributed by atoms with Crippen LogP contribution in [0.4, 0.5) is 11.4 Å². The van der Waals surface area contributed by atoms with Gasteiger partial charge in [0.15, 0.2) is 0 Å². The van der Waals surface area contributed by atoms with Crippen molar-refractivity contribution in [2.24, 2.45) is 0 Å². The Kier molecular flexibility index (Phi) is 53.3. The topological polar surface area (TPSA) is 79.0 Å². The average molecular weight is 891 g/mol. The van der Waals surface area contributed by atoms with E-state index in [0.29, 0.717) is 0 Å². The van der Waals surface area contributed by atoms with Crippen LogP contribution < -0.4 is 15.1 Å². The minimum absolute atomic E-state index is 0.0520. The molecule has 2 rings (SSSR count). The van der Waals surface area contributed by atoms with Gasteiger partial charge in [-0.2, -0.15) is 0 Å². The average Bonchev–Trinajstić information content (AvgIpc) is 3.21. The van der Waals surface area contributed by atoms with Crippen LogP contribution >= 0.6 is 0 Å². The number of unbranched alkanes of at least 4 members (excludes halogenated alkanes) is 5. The first-order valence-electron chi connectivity index (χ1n) is 24.2. The molecule has 1 N–H and O–H groups in total. The van der Waals surface area contributed by atoms with Crippen LogP contribution in [0, 0.1) is 0 Å². The van der Waals surface area contributed by atoms with E-state index in [-0.39, 0.29) is 17.7 Å². The molecule has 0 heterocycles. The minimum Gasteiger partial charge on any atom is -0.382 e. The number of nitrogens with zero attached hydrogens (tertiary/aromatic N) is 2. The van der Waals surface area contributed by atoms with Gasteiger partial charge in [-0.15, -0.1) is 0 Å². The van der Waals surface area contributed by atoms with Gasteiger partial charge in [-0.3, -0.25) is 14.4 Å². The normalized spacial score (nSPS) is 10.0. The molecule has 0 aliphatic heterocycles. The van der Waals surface area contributed by atoms with Crippen LogP contribution in [0.3, 0.4) is 0 Å². The molecule has 61 heavy (non-hydrogen) atoms. The zero-order valence-corrected chi connectivity index (χ0v) is 45.7. The van der Waals surface area contributed by atoms with Crippen molar-refractivity contribution >= 4 is 45.2 Å². The van der Waals surface area contributed by atoms with E-state index in [2.05, 4.69) is 93.4 Å². The van der Waals surface area contributed by atoms with Gasteiger partial charge in [0.05, 0.1) is 0 Å². The van der Waals surface area contributed by atoms with Gasteiger partial charge in [0.25, 0.3) is 0 Å². The molecule has 0 saturated carbocycles. The Hall–Kier alpha value is -2.76. The third-order valence-corrected chi connectivity index (χ3v) is 14.7. The molecule has 0 bridgehead atoms. The van der Waals surface area contributed by atoms with Crippen molar-refractivity contribution in [1.82, 2.24) is 5.32 Å². The van der Waals surface area contributed by atoms with Gasteiger partial charge < -0.3 is 19.9 Å². The fourth-order valence-corrected chi connectivity index (χ4v) is 9.58. The van der Waals surface area contributed by atoms with Crippen molar-refractivity contribution in [2.45, 2.75) is 211 Å². The molecule has 0 atom stereocenters. The predicted octanol–water partition coefficient (Wildman–Crippen LogP) is 15.7. The predicted molar refractivity (Wildman–Crippen MR) is 281 cm³/mol. The highest BCUT2D eigenvalue weighted by atomic mass is 28.3. The number of anilines is 2. The Bertz CT molecular complexity index is 1200. The Labute approximate surface area is 383 Å². The summed E-state index contributed by atoms with van der Waals surface area (Å²) >= 11 is 0. The number of rotatable bonds is 20. The van der Waals surface area contributed by atoms with Crippen LogP contribution in [0.5, 0.6) is 0 Å². The van der Waals surface area contributed by atoms with Crippen molar-refractivity contribution in [3.05, 3.63) is 60.7 Å². The molecule has 0 spiro atoms. The second-order valence-corrected chi connectivity index (χ2v) is 28.4. The summed E-state index contributed by atoms with van der Waals surface area (Å²) in [5.41, 5.74) is 1.95. The van der Waals surface area contributed by atoms with Crippen molar-refractivity contribution in [1.29, 1.82) is 0 Å². The fourth-order valence-electron chi connectivity index (χ4n) is 5.36. The lowest BCUT2D eigenvalue weighted by Gasteiger charge is -2.25. The molecule has 0 saturated heterocycles. The first-order valence-corrected chi connectivity index (χ1v) is 31.3. The maximum absolute atomic E-state index is 11.8. The molecule has 0 fully saturated rings. The lowest BCUT2D eigenvalue weighted by molar-refractivity contribution is -0.119. The molecule has 0 radical (unpaired) electrons. The van der Waals surface area contributed by atoms with E-state index in [1.54, 1.807) is 25.8 Å². The molecule has 3 amide bonds. The van der Waals surface area contributed by atoms with Crippen LogP contribution in [0.1, 0.15) is 160 Å². The van der Waals surface area contributed by atoms with Crippen molar-refractivity contribution in [3.63, 3.8) is 0 Å². The Balaban J connectivity index is -0.000000215. The lowest BCUT2D eigenvalue weighted by Crippen LogP contribution is -2.32. The number of para-hydroxylation sites is 2. The van der Waals surface area contributed by atoms with Crippen LogP contribution in [-0.4, -0.2) is 67.2 Å². The van der Waals surface area contributed by atoms with E-state index in [1.165, 1.54) is 82.8 Å². The zero-order chi connectivity index (χ0) is 48.0. The fraction of sp³-hybridized carbons (Fsp3) is 0.712. The second-order valence-electron chi connectivity index (χ2n) is 17.5. The molecule has 9 heteroatoms. The molecule has 0 unspecified atom stereocenters. The summed E-state index contributed by atoms with van der Waals surface area (Å²) in [6.45, 7) is 40.0. The summed E-state index contributed by atoms with van der Waals surface area (Å²) in [6, 6.07) is 23.7. The number of ether oxygens (including phenoxy) is 1. The van der Waals surface area contributed by atoms with Gasteiger partial charge in [-0.1, -0.05) is 200 Å². The Morgan fingerprint density at radius 3 is 1.31 bits per heavy atom. The van der Waals surface area contributed by atoms with Gasteiger partial charge in [0.1, 0.15) is 0 Å². The number of nitrogens with one attached hydrogen (secondary N) is 1. The van der Waals surface area contributed by atoms with Crippen molar-refractivity contribution in [3.8, 4) is 0 Å². The lowest BCUT2D eigenvalue weighted by atomic mass is 10.2. The van der Waals surface area contributed by atoms with Gasteiger partial charge in [0, 0.05) is 81.6 Å². The number of carbonyl (C=O) groups is 3. The number of hydrogen-bond acceptors (Lipinski definition) is 4. The van der Waals surface area contributed by atoms with E-state index < -0.39 is 16.1 Å². The molecular weight excluding hydrogens is 787 g/mol. The van der Waals surface area contributed by atoms with E-state index in [0.717, 1.165) is 56.9 Å². The molecular formula is C52H103N3O4Si2. The molecule has 2 aromatic carbocycles. The maximum atomic E-state index is 11.8. The molecule has 0 aliphatic carbocycles. The summed E-state index contributed by atoms with van der Waals surface area (Å²) in [4.78, 5) is 36.4. The summed E-state index contributed by atoms with van der Waals surface area (Å²) in [5.74, 6) is 0.260. The van der Waals surface area contributed by atoms with Gasteiger partial charge in [-0.05, 0) is 50.5 Å². The maximum Gasteiger partial charge on any atom is 0.223 e. The van der Waals surface area contributed by atoms with E-state index in [1.807, 2.05) is 72.5 Å². The first-order chi connectivity index (χ1) is 28.7. The largest absolute Gasteiger partial charge is 0.382 e. The van der Waals surface area contributed by atoms with Gasteiger partial charge >= 0.3 is 0 Å². The molecule has 2 aromatic rings. The van der Waals surface area contributed by atoms with Crippen LogP contribution in [0.15, 0.2) is 60.7 Å². The van der Waals surface area contributed by atoms with Crippen molar-refractivity contribution < 1.29 is 19.1 Å². The number of amides is 3. The summed E-state index contributed by atoms with van der Waals surface area (Å²) in [7, 11) is 0.0605. The SMILES string of the molecule is CC(=O)N(C)c1ccccc1.CCCC.CCCCC.CCCCNC(C)=O.CCCCOCC.CCC[Si](C)(C)C.CCC[Si](C)(C)CCCN(C(C)=O)c1ccccc1. The van der Waals surface area contributed by atoms with E-state index >= 15 is 0 Å². The Morgan fingerprint density at radius 2 is 1.00 bits per heavy atom. The van der Waals surface area contributed by atoms with Crippen LogP contribution in [0.2, 0.25) is 50.9 Å². The van der Waals surface area contributed by atoms with Crippen LogP contribution in [-0.2, 0) is 19.1 Å². The van der Waals surface area contributed by atoms with Gasteiger partial charge in [0.2, 0.25) is 17.7 Å². The monoisotopic (exact) mass is 890 g/mol. The van der Waals surface area contributed by atoms with Crippen LogP contribution in [0.25, 0.3) is 0 Å². The number of carbonyl (C=O) groups excluding carboxylic acids is 3. The second kappa shape index (κ2) is 48.3. The summed E-state index contributed by atoms with van der Waals surface area (Å²) in [6.07, 6.45) is 15.2. The highest BCUT2D eigenvalue weighted by molar-refractivity contribution is 6.77. The number of benzene rings is 2. The highest BCUT2D eigenvalue weighted by Gasteiger charge is 2.20.